The van der Waals surface area contributed by atoms with Crippen LogP contribution in [-0.2, 0) is 11.3 Å². The van der Waals surface area contributed by atoms with Crippen molar-refractivity contribution >= 4 is 29.3 Å². The fourth-order valence-corrected chi connectivity index (χ4v) is 3.91. The van der Waals surface area contributed by atoms with Gasteiger partial charge in [0, 0.05) is 12.1 Å². The number of thioether (sulfide) groups is 1. The van der Waals surface area contributed by atoms with Gasteiger partial charge in [0.1, 0.15) is 0 Å². The normalized spacial score (nSPS) is 10.5. The molecule has 0 radical (unpaired) electrons. The van der Waals surface area contributed by atoms with Crippen LogP contribution in [-0.4, -0.2) is 27.2 Å². The van der Waals surface area contributed by atoms with Gasteiger partial charge in [0.25, 0.3) is 5.91 Å². The second kappa shape index (κ2) is 10.5. The summed E-state index contributed by atoms with van der Waals surface area (Å²) >= 11 is 1.23. The van der Waals surface area contributed by atoms with E-state index in [1.807, 2.05) is 60.7 Å². The number of carbonyl (C=O) groups excluding carboxylic acids is 2. The summed E-state index contributed by atoms with van der Waals surface area (Å²) in [5.74, 6) is 5.60. The van der Waals surface area contributed by atoms with Crippen LogP contribution in [0.2, 0.25) is 0 Å². The molecular formula is C25H23N5O2S. The molecule has 33 heavy (non-hydrogen) atoms. The van der Waals surface area contributed by atoms with E-state index in [4.69, 9.17) is 5.84 Å². The van der Waals surface area contributed by atoms with Crippen molar-refractivity contribution in [3.63, 3.8) is 0 Å². The first-order valence-corrected chi connectivity index (χ1v) is 11.3. The number of nitrogens with one attached hydrogen (secondary N) is 2. The summed E-state index contributed by atoms with van der Waals surface area (Å²) in [6.07, 6.45) is 1.72. The Kier molecular flexibility index (Phi) is 7.06. The topological polar surface area (TPSA) is 102 Å². The maximum Gasteiger partial charge on any atom is 0.253 e. The number of hydrogen-bond donors (Lipinski definition) is 3. The molecule has 4 N–H and O–H groups in total. The van der Waals surface area contributed by atoms with Crippen molar-refractivity contribution in [2.45, 2.75) is 11.7 Å². The van der Waals surface area contributed by atoms with E-state index >= 15 is 0 Å². The van der Waals surface area contributed by atoms with E-state index in [0.717, 1.165) is 16.8 Å². The average molecular weight is 458 g/mol. The molecular weight excluding hydrogens is 434 g/mol. The lowest BCUT2D eigenvalue weighted by atomic mass is 10.1. The SMILES string of the molecule is Nn1cc(-c2ccccc2)nc1SCC(=O)Nc1ccccc1C(=O)NCc1ccccc1. The van der Waals surface area contributed by atoms with Crippen molar-refractivity contribution in [1.29, 1.82) is 0 Å². The van der Waals surface area contributed by atoms with Gasteiger partial charge in [-0.05, 0) is 17.7 Å². The quantitative estimate of drug-likeness (QED) is 0.275. The van der Waals surface area contributed by atoms with Crippen LogP contribution in [0.3, 0.4) is 0 Å². The molecule has 0 bridgehead atoms. The van der Waals surface area contributed by atoms with E-state index in [2.05, 4.69) is 15.6 Å². The standard InChI is InChI=1S/C25H23N5O2S/c26-30-16-22(19-11-5-2-6-12-19)29-25(30)33-17-23(31)28-21-14-8-7-13-20(21)24(32)27-15-18-9-3-1-4-10-18/h1-14,16H,15,17,26H2,(H,27,32)(H,28,31). The van der Waals surface area contributed by atoms with Crippen LogP contribution in [0.15, 0.2) is 96.3 Å². The van der Waals surface area contributed by atoms with Gasteiger partial charge in [-0.3, -0.25) is 9.59 Å². The summed E-state index contributed by atoms with van der Waals surface area (Å²) < 4.78 is 1.41. The average Bonchev–Trinajstić information content (AvgIpc) is 3.23. The highest BCUT2D eigenvalue weighted by Crippen LogP contribution is 2.23. The van der Waals surface area contributed by atoms with E-state index in [1.54, 1.807) is 30.5 Å². The molecule has 0 atom stereocenters. The Morgan fingerprint density at radius 2 is 1.58 bits per heavy atom. The van der Waals surface area contributed by atoms with Crippen molar-refractivity contribution in [2.24, 2.45) is 0 Å². The van der Waals surface area contributed by atoms with Gasteiger partial charge < -0.3 is 16.5 Å². The van der Waals surface area contributed by atoms with Gasteiger partial charge in [-0.2, -0.15) is 0 Å². The van der Waals surface area contributed by atoms with Crippen LogP contribution < -0.4 is 16.5 Å². The van der Waals surface area contributed by atoms with Crippen molar-refractivity contribution in [1.82, 2.24) is 15.0 Å². The molecule has 8 heteroatoms. The Balaban J connectivity index is 1.36. The van der Waals surface area contributed by atoms with Gasteiger partial charge in [0.2, 0.25) is 5.91 Å². The number of amides is 2. The molecule has 0 aliphatic heterocycles. The maximum absolute atomic E-state index is 12.7. The highest BCUT2D eigenvalue weighted by molar-refractivity contribution is 7.99. The Bertz CT molecular complexity index is 1240. The number of carbonyl (C=O) groups is 2. The minimum Gasteiger partial charge on any atom is -0.348 e. The molecule has 0 aliphatic carbocycles. The molecule has 166 valence electrons. The van der Waals surface area contributed by atoms with Crippen molar-refractivity contribution in [3.05, 3.63) is 102 Å². The molecule has 1 heterocycles. The number of nitrogens with two attached hydrogens (primary N) is 1. The zero-order valence-corrected chi connectivity index (χ0v) is 18.6. The number of rotatable bonds is 8. The first-order chi connectivity index (χ1) is 16.1. The third-order valence-electron chi connectivity index (χ3n) is 4.84. The Morgan fingerprint density at radius 3 is 2.33 bits per heavy atom. The number of aromatic nitrogens is 2. The minimum atomic E-state index is -0.257. The molecule has 4 rings (SSSR count). The summed E-state index contributed by atoms with van der Waals surface area (Å²) in [5.41, 5.74) is 3.54. The third-order valence-corrected chi connectivity index (χ3v) is 5.81. The fourth-order valence-electron chi connectivity index (χ4n) is 3.21. The molecule has 0 fully saturated rings. The monoisotopic (exact) mass is 457 g/mol. The Hall–Kier alpha value is -4.04. The number of hydrogen-bond acceptors (Lipinski definition) is 5. The van der Waals surface area contributed by atoms with Crippen LogP contribution in [0.5, 0.6) is 0 Å². The molecule has 2 amide bonds. The van der Waals surface area contributed by atoms with Crippen LogP contribution >= 0.6 is 11.8 Å². The molecule has 3 aromatic carbocycles. The van der Waals surface area contributed by atoms with E-state index < -0.39 is 0 Å². The van der Waals surface area contributed by atoms with E-state index in [-0.39, 0.29) is 17.6 Å². The predicted molar refractivity (Wildman–Crippen MR) is 131 cm³/mol. The van der Waals surface area contributed by atoms with Crippen LogP contribution in [0.25, 0.3) is 11.3 Å². The fraction of sp³-hybridized carbons (Fsp3) is 0.0800. The molecule has 0 aliphatic rings. The first-order valence-electron chi connectivity index (χ1n) is 10.3. The van der Waals surface area contributed by atoms with Gasteiger partial charge in [-0.15, -0.1) is 0 Å². The number of benzene rings is 3. The number of para-hydroxylation sites is 1. The molecule has 0 saturated carbocycles. The van der Waals surface area contributed by atoms with Crippen LogP contribution in [0.1, 0.15) is 15.9 Å². The maximum atomic E-state index is 12.7. The molecule has 7 nitrogen and oxygen atoms in total. The predicted octanol–water partition coefficient (Wildman–Crippen LogP) is 3.92. The van der Waals surface area contributed by atoms with E-state index in [0.29, 0.717) is 23.0 Å². The van der Waals surface area contributed by atoms with Crippen LogP contribution in [0, 0.1) is 0 Å². The van der Waals surface area contributed by atoms with Crippen molar-refractivity contribution in [3.8, 4) is 11.3 Å². The summed E-state index contributed by atoms with van der Waals surface area (Å²) in [5, 5.41) is 6.23. The molecule has 0 spiro atoms. The number of nitrogen functional groups attached to an aromatic ring is 1. The smallest absolute Gasteiger partial charge is 0.253 e. The zero-order valence-electron chi connectivity index (χ0n) is 17.8. The summed E-state index contributed by atoms with van der Waals surface area (Å²) in [4.78, 5) is 29.8. The van der Waals surface area contributed by atoms with Crippen molar-refractivity contribution < 1.29 is 9.59 Å². The second-order valence-corrected chi connectivity index (χ2v) is 8.18. The zero-order chi connectivity index (χ0) is 23.0. The van der Waals surface area contributed by atoms with Crippen molar-refractivity contribution in [2.75, 3.05) is 16.9 Å². The molecule has 4 aromatic rings. The Morgan fingerprint density at radius 1 is 0.909 bits per heavy atom. The largest absolute Gasteiger partial charge is 0.348 e. The van der Waals surface area contributed by atoms with E-state index in [1.165, 1.54) is 16.4 Å². The summed E-state index contributed by atoms with van der Waals surface area (Å²) in [6.45, 7) is 0.403. The second-order valence-electron chi connectivity index (χ2n) is 7.23. The Labute approximate surface area is 196 Å². The lowest BCUT2D eigenvalue weighted by molar-refractivity contribution is -0.113. The molecule has 1 aromatic heterocycles. The summed E-state index contributed by atoms with van der Waals surface area (Å²) in [6, 6.07) is 26.3. The lowest BCUT2D eigenvalue weighted by Crippen LogP contribution is -2.25. The molecule has 0 saturated heterocycles. The van der Waals surface area contributed by atoms with E-state index in [9.17, 15) is 9.59 Å². The minimum absolute atomic E-state index is 0.0996. The first kappa shape index (κ1) is 22.2. The van der Waals surface area contributed by atoms with Gasteiger partial charge in [-0.1, -0.05) is 84.6 Å². The summed E-state index contributed by atoms with van der Waals surface area (Å²) in [7, 11) is 0. The highest BCUT2D eigenvalue weighted by atomic mass is 32.2. The lowest BCUT2D eigenvalue weighted by Gasteiger charge is -2.11. The highest BCUT2D eigenvalue weighted by Gasteiger charge is 2.15. The van der Waals surface area contributed by atoms with Gasteiger partial charge in [-0.25, -0.2) is 9.66 Å². The number of anilines is 1. The third kappa shape index (κ3) is 5.81. The van der Waals surface area contributed by atoms with Crippen LogP contribution in [0.4, 0.5) is 5.69 Å². The van der Waals surface area contributed by atoms with Gasteiger partial charge >= 0.3 is 0 Å². The van der Waals surface area contributed by atoms with Gasteiger partial charge in [0.15, 0.2) is 5.16 Å². The van der Waals surface area contributed by atoms with Gasteiger partial charge in [0.05, 0.1) is 28.9 Å². The number of imidazole rings is 1. The number of nitrogens with zero attached hydrogens (tertiary/aromatic N) is 2. The molecule has 0 unspecified atom stereocenters.